The van der Waals surface area contributed by atoms with Gasteiger partial charge in [0.2, 0.25) is 0 Å². The zero-order valence-corrected chi connectivity index (χ0v) is 14.5. The van der Waals surface area contributed by atoms with E-state index in [1.54, 1.807) is 17.7 Å². The normalized spacial score (nSPS) is 21.6. The Morgan fingerprint density at radius 2 is 2.35 bits per heavy atom. The molecule has 0 saturated carbocycles. The van der Waals surface area contributed by atoms with E-state index in [0.29, 0.717) is 18.2 Å². The topological polar surface area (TPSA) is 69.0 Å². The smallest absolute Gasteiger partial charge is 0.270 e. The highest BCUT2D eigenvalue weighted by Gasteiger charge is 2.27. The first-order chi connectivity index (χ1) is 11.0. The number of aromatic nitrogens is 3. The van der Waals surface area contributed by atoms with Crippen LogP contribution in [0.15, 0.2) is 17.9 Å². The molecule has 0 spiro atoms. The van der Waals surface area contributed by atoms with Crippen LogP contribution in [0.25, 0.3) is 0 Å². The van der Waals surface area contributed by atoms with Gasteiger partial charge >= 0.3 is 0 Å². The minimum atomic E-state index is -0.0937. The lowest BCUT2D eigenvalue weighted by Gasteiger charge is -2.30. The molecular weight excluding hydrogens is 312 g/mol. The third-order valence-corrected chi connectivity index (χ3v) is 5.20. The van der Waals surface area contributed by atoms with Gasteiger partial charge in [-0.2, -0.15) is 0 Å². The quantitative estimate of drug-likeness (QED) is 0.933. The van der Waals surface area contributed by atoms with Crippen LogP contribution in [0.3, 0.4) is 0 Å². The number of rotatable bonds is 4. The summed E-state index contributed by atoms with van der Waals surface area (Å²) >= 11 is 1.54. The Morgan fingerprint density at radius 1 is 1.52 bits per heavy atom. The third-order valence-electron chi connectivity index (χ3n) is 4.05. The van der Waals surface area contributed by atoms with Crippen molar-refractivity contribution in [3.63, 3.8) is 0 Å². The fourth-order valence-corrected chi connectivity index (χ4v) is 3.54. The third kappa shape index (κ3) is 3.61. The predicted molar refractivity (Wildman–Crippen MR) is 88.6 cm³/mol. The minimum absolute atomic E-state index is 0.0248. The number of aryl methyl sites for hydroxylation is 1. The maximum Gasteiger partial charge on any atom is 0.270 e. The highest BCUT2D eigenvalue weighted by Crippen LogP contribution is 2.28. The summed E-state index contributed by atoms with van der Waals surface area (Å²) in [6.07, 6.45) is 5.14. The Hall–Kier alpha value is -1.73. The molecule has 124 valence electrons. The summed E-state index contributed by atoms with van der Waals surface area (Å²) in [5, 5.41) is 5.93. The first-order valence-corrected chi connectivity index (χ1v) is 8.76. The van der Waals surface area contributed by atoms with Gasteiger partial charge in [0.1, 0.15) is 11.8 Å². The van der Waals surface area contributed by atoms with Gasteiger partial charge in [0.25, 0.3) is 5.91 Å². The lowest BCUT2D eigenvalue weighted by Crippen LogP contribution is -2.40. The summed E-state index contributed by atoms with van der Waals surface area (Å²) < 4.78 is 7.79. The molecule has 1 fully saturated rings. The van der Waals surface area contributed by atoms with Gasteiger partial charge in [-0.3, -0.25) is 4.79 Å². The maximum atomic E-state index is 12.4. The van der Waals surface area contributed by atoms with Crippen molar-refractivity contribution in [1.82, 2.24) is 19.9 Å². The molecule has 0 aliphatic carbocycles. The Labute approximate surface area is 139 Å². The van der Waals surface area contributed by atoms with Crippen LogP contribution < -0.4 is 5.32 Å². The highest BCUT2D eigenvalue weighted by atomic mass is 32.1. The summed E-state index contributed by atoms with van der Waals surface area (Å²) in [6.45, 7) is 4.80. The van der Waals surface area contributed by atoms with Crippen molar-refractivity contribution in [2.45, 2.75) is 44.8 Å². The molecular formula is C16H22N4O2S. The zero-order valence-electron chi connectivity index (χ0n) is 13.7. The molecule has 1 N–H and O–H groups in total. The SMILES string of the molecule is CC(C)c1nc(C(=O)NC2CCOC(c3cncn3C)C2)cs1. The van der Waals surface area contributed by atoms with Crippen molar-refractivity contribution in [2.75, 3.05) is 6.61 Å². The molecule has 1 aliphatic rings. The van der Waals surface area contributed by atoms with Gasteiger partial charge < -0.3 is 14.6 Å². The lowest BCUT2D eigenvalue weighted by atomic mass is 10.0. The van der Waals surface area contributed by atoms with Crippen LogP contribution >= 0.6 is 11.3 Å². The fraction of sp³-hybridized carbons (Fsp3) is 0.562. The molecule has 1 aliphatic heterocycles. The van der Waals surface area contributed by atoms with E-state index in [1.165, 1.54) is 0 Å². The Morgan fingerprint density at radius 3 is 3.00 bits per heavy atom. The van der Waals surface area contributed by atoms with Gasteiger partial charge in [0.15, 0.2) is 0 Å². The molecule has 2 aromatic rings. The van der Waals surface area contributed by atoms with Gasteiger partial charge in [-0.15, -0.1) is 11.3 Å². The molecule has 2 atom stereocenters. The maximum absolute atomic E-state index is 12.4. The molecule has 23 heavy (non-hydrogen) atoms. The number of carbonyl (C=O) groups is 1. The molecule has 1 saturated heterocycles. The van der Waals surface area contributed by atoms with Crippen molar-refractivity contribution in [3.8, 4) is 0 Å². The van der Waals surface area contributed by atoms with E-state index in [4.69, 9.17) is 4.74 Å². The standard InChI is InChI=1S/C16H22N4O2S/c1-10(2)16-19-12(8-23-16)15(21)18-11-4-5-22-14(6-11)13-7-17-9-20(13)3/h7-11,14H,4-6H2,1-3H3,(H,18,21). The molecule has 0 aromatic carbocycles. The predicted octanol–water partition coefficient (Wildman–Crippen LogP) is 2.65. The number of ether oxygens (including phenoxy) is 1. The molecule has 2 aromatic heterocycles. The molecule has 6 nitrogen and oxygen atoms in total. The summed E-state index contributed by atoms with van der Waals surface area (Å²) in [5.41, 5.74) is 1.56. The summed E-state index contributed by atoms with van der Waals surface area (Å²) in [7, 11) is 1.95. The van der Waals surface area contributed by atoms with Crippen molar-refractivity contribution >= 4 is 17.2 Å². The summed E-state index contributed by atoms with van der Waals surface area (Å²) in [4.78, 5) is 20.9. The van der Waals surface area contributed by atoms with Crippen LogP contribution in [0.2, 0.25) is 0 Å². The Kier molecular flexibility index (Phi) is 4.77. The fourth-order valence-electron chi connectivity index (χ4n) is 2.73. The number of hydrogen-bond donors (Lipinski definition) is 1. The number of nitrogens with zero attached hydrogens (tertiary/aromatic N) is 3. The summed E-state index contributed by atoms with van der Waals surface area (Å²) in [6, 6.07) is 0.0975. The van der Waals surface area contributed by atoms with Crippen molar-refractivity contribution < 1.29 is 9.53 Å². The molecule has 1 amide bonds. The van der Waals surface area contributed by atoms with Gasteiger partial charge in [-0.25, -0.2) is 9.97 Å². The first-order valence-electron chi connectivity index (χ1n) is 7.88. The average Bonchev–Trinajstić information content (AvgIpc) is 3.16. The van der Waals surface area contributed by atoms with E-state index >= 15 is 0 Å². The second kappa shape index (κ2) is 6.80. The number of nitrogens with one attached hydrogen (secondary N) is 1. The van der Waals surface area contributed by atoms with E-state index in [1.807, 2.05) is 23.2 Å². The number of amides is 1. The van der Waals surface area contributed by atoms with Crippen molar-refractivity contribution in [3.05, 3.63) is 34.3 Å². The number of hydrogen-bond acceptors (Lipinski definition) is 5. The molecule has 3 rings (SSSR count). The monoisotopic (exact) mass is 334 g/mol. The highest BCUT2D eigenvalue weighted by molar-refractivity contribution is 7.09. The molecule has 7 heteroatoms. The van der Waals surface area contributed by atoms with Gasteiger partial charge in [-0.05, 0) is 12.8 Å². The van der Waals surface area contributed by atoms with Crippen LogP contribution in [0.1, 0.15) is 59.9 Å². The van der Waals surface area contributed by atoms with Gasteiger partial charge in [0, 0.05) is 31.0 Å². The van der Waals surface area contributed by atoms with Gasteiger partial charge in [0.05, 0.1) is 23.2 Å². The van der Waals surface area contributed by atoms with Crippen LogP contribution in [-0.4, -0.2) is 33.1 Å². The first kappa shape index (κ1) is 16.1. The zero-order chi connectivity index (χ0) is 16.4. The largest absolute Gasteiger partial charge is 0.372 e. The summed E-state index contributed by atoms with van der Waals surface area (Å²) in [5.74, 6) is 0.252. The van der Waals surface area contributed by atoms with Crippen LogP contribution in [0.4, 0.5) is 0 Å². The van der Waals surface area contributed by atoms with Crippen LogP contribution in [-0.2, 0) is 11.8 Å². The van der Waals surface area contributed by atoms with Crippen LogP contribution in [0, 0.1) is 0 Å². The van der Waals surface area contributed by atoms with E-state index in [2.05, 4.69) is 29.1 Å². The van der Waals surface area contributed by atoms with E-state index < -0.39 is 0 Å². The number of imidazole rings is 1. The van der Waals surface area contributed by atoms with E-state index in [9.17, 15) is 4.79 Å². The van der Waals surface area contributed by atoms with E-state index in [-0.39, 0.29) is 18.1 Å². The Balaban J connectivity index is 1.63. The van der Waals surface area contributed by atoms with Crippen molar-refractivity contribution in [2.24, 2.45) is 7.05 Å². The minimum Gasteiger partial charge on any atom is -0.372 e. The average molecular weight is 334 g/mol. The van der Waals surface area contributed by atoms with E-state index in [0.717, 1.165) is 23.5 Å². The molecule has 2 unspecified atom stereocenters. The second-order valence-corrected chi connectivity index (χ2v) is 7.10. The lowest BCUT2D eigenvalue weighted by molar-refractivity contribution is -0.00304. The number of carbonyl (C=O) groups excluding carboxylic acids is 1. The number of thiazole rings is 1. The van der Waals surface area contributed by atoms with Crippen molar-refractivity contribution in [1.29, 1.82) is 0 Å². The molecule has 3 heterocycles. The van der Waals surface area contributed by atoms with Crippen LogP contribution in [0.5, 0.6) is 0 Å². The molecule has 0 bridgehead atoms. The van der Waals surface area contributed by atoms with Gasteiger partial charge in [-0.1, -0.05) is 13.8 Å². The molecule has 0 radical (unpaired) electrons. The Bertz CT molecular complexity index is 679. The second-order valence-electron chi connectivity index (χ2n) is 6.21.